The molecule has 1 unspecified atom stereocenters. The van der Waals surface area contributed by atoms with Crippen molar-refractivity contribution in [3.05, 3.63) is 0 Å². The number of ether oxygens (including phenoxy) is 2. The van der Waals surface area contributed by atoms with E-state index in [1.165, 1.54) is 0 Å². The SMILES string of the molecule is CC1(C)O[C@H]2CCC(O)[C@H]2O1. The summed E-state index contributed by atoms with van der Waals surface area (Å²) in [5.74, 6) is -0.489. The summed E-state index contributed by atoms with van der Waals surface area (Å²) in [5, 5.41) is 9.43. The van der Waals surface area contributed by atoms with Gasteiger partial charge >= 0.3 is 0 Å². The molecule has 1 aliphatic carbocycles. The molecule has 3 heteroatoms. The summed E-state index contributed by atoms with van der Waals surface area (Å²) in [4.78, 5) is 0. The van der Waals surface area contributed by atoms with Crippen molar-refractivity contribution in [2.45, 2.75) is 50.8 Å². The van der Waals surface area contributed by atoms with E-state index in [1.54, 1.807) is 0 Å². The molecular formula is C8H14O3. The first-order valence-corrected chi connectivity index (χ1v) is 4.12. The lowest BCUT2D eigenvalue weighted by Gasteiger charge is -2.19. The molecule has 2 rings (SSSR count). The number of aliphatic hydroxyl groups excluding tert-OH is 1. The summed E-state index contributed by atoms with van der Waals surface area (Å²) >= 11 is 0. The number of hydrogen-bond acceptors (Lipinski definition) is 3. The molecule has 64 valence electrons. The van der Waals surface area contributed by atoms with E-state index in [4.69, 9.17) is 9.47 Å². The lowest BCUT2D eigenvalue weighted by Crippen LogP contribution is -2.28. The predicted octanol–water partition coefficient (Wildman–Crippen LogP) is 0.661. The minimum atomic E-state index is -0.489. The Balaban J connectivity index is 2.10. The summed E-state index contributed by atoms with van der Waals surface area (Å²) in [6.45, 7) is 3.77. The third-order valence-corrected chi connectivity index (χ3v) is 2.35. The van der Waals surface area contributed by atoms with Crippen LogP contribution in [0.4, 0.5) is 0 Å². The molecule has 0 amide bonds. The molecule has 0 aromatic carbocycles. The molecular weight excluding hydrogens is 144 g/mol. The molecule has 0 spiro atoms. The highest BCUT2D eigenvalue weighted by molar-refractivity contribution is 4.92. The molecule has 3 nitrogen and oxygen atoms in total. The maximum atomic E-state index is 9.43. The molecule has 2 aliphatic rings. The average molecular weight is 158 g/mol. The Labute approximate surface area is 66.3 Å². The Morgan fingerprint density at radius 3 is 2.64 bits per heavy atom. The third-order valence-electron chi connectivity index (χ3n) is 2.35. The fraction of sp³-hybridized carbons (Fsp3) is 1.00. The van der Waals surface area contributed by atoms with Gasteiger partial charge in [0.25, 0.3) is 0 Å². The van der Waals surface area contributed by atoms with Gasteiger partial charge in [-0.15, -0.1) is 0 Å². The Bertz CT molecular complexity index is 167. The van der Waals surface area contributed by atoms with Crippen molar-refractivity contribution in [2.24, 2.45) is 0 Å². The molecule has 0 bridgehead atoms. The van der Waals surface area contributed by atoms with Gasteiger partial charge in [0.2, 0.25) is 0 Å². The lowest BCUT2D eigenvalue weighted by molar-refractivity contribution is -0.161. The van der Waals surface area contributed by atoms with Crippen molar-refractivity contribution < 1.29 is 14.6 Å². The van der Waals surface area contributed by atoms with Crippen LogP contribution in [0.15, 0.2) is 0 Å². The molecule has 3 atom stereocenters. The standard InChI is InChI=1S/C8H14O3/c1-8(2)10-6-4-3-5(9)7(6)11-8/h5-7,9H,3-4H2,1-2H3/t5?,6-,7+/m0/s1. The maximum Gasteiger partial charge on any atom is 0.163 e. The van der Waals surface area contributed by atoms with E-state index in [9.17, 15) is 5.11 Å². The van der Waals surface area contributed by atoms with Crippen LogP contribution in [-0.4, -0.2) is 29.2 Å². The summed E-state index contributed by atoms with van der Waals surface area (Å²) < 4.78 is 11.1. The van der Waals surface area contributed by atoms with Gasteiger partial charge in [-0.3, -0.25) is 0 Å². The first kappa shape index (κ1) is 7.53. The summed E-state index contributed by atoms with van der Waals surface area (Å²) in [6, 6.07) is 0. The van der Waals surface area contributed by atoms with Gasteiger partial charge in [-0.2, -0.15) is 0 Å². The van der Waals surface area contributed by atoms with Crippen molar-refractivity contribution in [1.82, 2.24) is 0 Å². The van der Waals surface area contributed by atoms with Crippen molar-refractivity contribution >= 4 is 0 Å². The molecule has 0 radical (unpaired) electrons. The molecule has 11 heavy (non-hydrogen) atoms. The van der Waals surface area contributed by atoms with Gasteiger partial charge in [0.05, 0.1) is 12.2 Å². The molecule has 1 saturated heterocycles. The molecule has 0 aromatic rings. The Morgan fingerprint density at radius 2 is 2.00 bits per heavy atom. The first-order valence-electron chi connectivity index (χ1n) is 4.12. The van der Waals surface area contributed by atoms with Gasteiger partial charge in [0.15, 0.2) is 5.79 Å². The van der Waals surface area contributed by atoms with Gasteiger partial charge in [0, 0.05) is 0 Å². The second-order valence-corrected chi connectivity index (χ2v) is 3.78. The van der Waals surface area contributed by atoms with Crippen molar-refractivity contribution in [1.29, 1.82) is 0 Å². The van der Waals surface area contributed by atoms with Crippen molar-refractivity contribution in [2.75, 3.05) is 0 Å². The molecule has 1 saturated carbocycles. The molecule has 0 aromatic heterocycles. The van der Waals surface area contributed by atoms with E-state index in [2.05, 4.69) is 0 Å². The summed E-state index contributed by atoms with van der Waals surface area (Å²) in [7, 11) is 0. The van der Waals surface area contributed by atoms with Gasteiger partial charge in [-0.25, -0.2) is 0 Å². The first-order chi connectivity index (χ1) is 5.08. The van der Waals surface area contributed by atoms with Crippen LogP contribution in [0.5, 0.6) is 0 Å². The Hall–Kier alpha value is -0.120. The van der Waals surface area contributed by atoms with Crippen LogP contribution in [0.25, 0.3) is 0 Å². The van der Waals surface area contributed by atoms with Gasteiger partial charge in [-0.05, 0) is 26.7 Å². The van der Waals surface area contributed by atoms with Crippen molar-refractivity contribution in [3.63, 3.8) is 0 Å². The van der Waals surface area contributed by atoms with Crippen LogP contribution in [-0.2, 0) is 9.47 Å². The van der Waals surface area contributed by atoms with E-state index in [1.807, 2.05) is 13.8 Å². The number of rotatable bonds is 0. The van der Waals surface area contributed by atoms with E-state index < -0.39 is 5.79 Å². The quantitative estimate of drug-likeness (QED) is 0.563. The zero-order valence-electron chi connectivity index (χ0n) is 6.91. The van der Waals surface area contributed by atoms with Crippen LogP contribution in [0.1, 0.15) is 26.7 Å². The van der Waals surface area contributed by atoms with Gasteiger partial charge in [-0.1, -0.05) is 0 Å². The van der Waals surface area contributed by atoms with Crippen LogP contribution < -0.4 is 0 Å². The van der Waals surface area contributed by atoms with Crippen LogP contribution in [0.3, 0.4) is 0 Å². The van der Waals surface area contributed by atoms with Crippen LogP contribution in [0.2, 0.25) is 0 Å². The van der Waals surface area contributed by atoms with Crippen LogP contribution >= 0.6 is 0 Å². The highest BCUT2D eigenvalue weighted by Crippen LogP contribution is 2.37. The second-order valence-electron chi connectivity index (χ2n) is 3.78. The lowest BCUT2D eigenvalue weighted by atomic mass is 10.2. The van der Waals surface area contributed by atoms with E-state index in [0.29, 0.717) is 0 Å². The number of aliphatic hydroxyl groups is 1. The fourth-order valence-electron chi connectivity index (χ4n) is 1.91. The monoisotopic (exact) mass is 158 g/mol. The fourth-order valence-corrected chi connectivity index (χ4v) is 1.91. The number of hydrogen-bond donors (Lipinski definition) is 1. The van der Waals surface area contributed by atoms with Crippen molar-refractivity contribution in [3.8, 4) is 0 Å². The van der Waals surface area contributed by atoms with E-state index in [0.717, 1.165) is 12.8 Å². The van der Waals surface area contributed by atoms with Gasteiger partial charge in [0.1, 0.15) is 6.10 Å². The van der Waals surface area contributed by atoms with Crippen LogP contribution in [0, 0.1) is 0 Å². The zero-order chi connectivity index (χ0) is 8.06. The highest BCUT2D eigenvalue weighted by Gasteiger charge is 2.48. The largest absolute Gasteiger partial charge is 0.390 e. The minimum Gasteiger partial charge on any atom is -0.390 e. The average Bonchev–Trinajstić information content (AvgIpc) is 2.31. The van der Waals surface area contributed by atoms with Gasteiger partial charge < -0.3 is 14.6 Å². The Kier molecular flexibility index (Phi) is 1.50. The highest BCUT2D eigenvalue weighted by atomic mass is 16.8. The smallest absolute Gasteiger partial charge is 0.163 e. The van der Waals surface area contributed by atoms with E-state index >= 15 is 0 Å². The molecule has 1 aliphatic heterocycles. The molecule has 2 fully saturated rings. The number of fused-ring (bicyclic) bond motifs is 1. The summed E-state index contributed by atoms with van der Waals surface area (Å²) in [5.41, 5.74) is 0. The predicted molar refractivity (Wildman–Crippen MR) is 39.1 cm³/mol. The molecule has 1 heterocycles. The molecule has 1 N–H and O–H groups in total. The maximum absolute atomic E-state index is 9.43. The zero-order valence-corrected chi connectivity index (χ0v) is 6.91. The topological polar surface area (TPSA) is 38.7 Å². The minimum absolute atomic E-state index is 0.0787. The normalized spacial score (nSPS) is 47.7. The van der Waals surface area contributed by atoms with E-state index in [-0.39, 0.29) is 18.3 Å². The second kappa shape index (κ2) is 2.19. The Morgan fingerprint density at radius 1 is 1.27 bits per heavy atom. The third kappa shape index (κ3) is 1.17. The summed E-state index contributed by atoms with van der Waals surface area (Å²) in [6.07, 6.45) is 1.47.